The maximum atomic E-state index is 12.4. The minimum absolute atomic E-state index is 0.179. The molecule has 0 aliphatic heterocycles. The van der Waals surface area contributed by atoms with Gasteiger partial charge in [0.1, 0.15) is 5.75 Å². The van der Waals surface area contributed by atoms with Crippen LogP contribution in [0, 0.1) is 0 Å². The maximum Gasteiger partial charge on any atom is 0.252 e. The highest BCUT2D eigenvalue weighted by molar-refractivity contribution is 9.10. The zero-order valence-electron chi connectivity index (χ0n) is 13.9. The largest absolute Gasteiger partial charge is 0.497 e. The molecule has 2 heterocycles. The molecule has 2 aromatic heterocycles. The van der Waals surface area contributed by atoms with Crippen molar-refractivity contribution < 1.29 is 9.53 Å². The number of hydrogen-bond acceptors (Lipinski definition) is 4. The van der Waals surface area contributed by atoms with Crippen LogP contribution in [0.2, 0.25) is 0 Å². The normalized spacial score (nSPS) is 10.5. The summed E-state index contributed by atoms with van der Waals surface area (Å²) in [6.45, 7) is 0.390. The van der Waals surface area contributed by atoms with Crippen LogP contribution in [0.5, 0.6) is 5.75 Å². The monoisotopic (exact) mass is 400 g/mol. The maximum absolute atomic E-state index is 12.4. The average molecular weight is 401 g/mol. The molecule has 0 fully saturated rings. The number of aromatic nitrogens is 3. The Morgan fingerprint density at radius 2 is 2.12 bits per heavy atom. The lowest BCUT2D eigenvalue weighted by molar-refractivity contribution is 0.0949. The Morgan fingerprint density at radius 3 is 2.76 bits per heavy atom. The predicted molar refractivity (Wildman–Crippen MR) is 98.3 cm³/mol. The number of halogens is 1. The molecule has 0 saturated carbocycles. The number of benzene rings is 1. The first-order valence-electron chi connectivity index (χ1n) is 7.63. The van der Waals surface area contributed by atoms with E-state index in [-0.39, 0.29) is 5.91 Å². The fourth-order valence-corrected chi connectivity index (χ4v) is 2.82. The lowest BCUT2D eigenvalue weighted by Gasteiger charge is -2.09. The average Bonchev–Trinajstić information content (AvgIpc) is 3.06. The van der Waals surface area contributed by atoms with Crippen molar-refractivity contribution in [1.82, 2.24) is 20.1 Å². The molecule has 0 bridgehead atoms. The van der Waals surface area contributed by atoms with Gasteiger partial charge in [-0.2, -0.15) is 5.10 Å². The predicted octanol–water partition coefficient (Wildman–Crippen LogP) is 3.18. The molecule has 0 radical (unpaired) electrons. The van der Waals surface area contributed by atoms with Crippen LogP contribution in [0.25, 0.3) is 11.4 Å². The van der Waals surface area contributed by atoms with Crippen LogP contribution in [0.1, 0.15) is 15.9 Å². The molecule has 3 aromatic rings. The first kappa shape index (κ1) is 17.2. The van der Waals surface area contributed by atoms with Crippen LogP contribution < -0.4 is 10.1 Å². The van der Waals surface area contributed by atoms with E-state index in [0.717, 1.165) is 21.4 Å². The third-order valence-corrected chi connectivity index (χ3v) is 4.47. The Labute approximate surface area is 154 Å². The number of hydrogen-bond donors (Lipinski definition) is 1. The zero-order chi connectivity index (χ0) is 17.8. The molecule has 128 valence electrons. The summed E-state index contributed by atoms with van der Waals surface area (Å²) in [5.74, 6) is 0.456. The standard InChI is InChI=1S/C18H17BrN4O2/c1-23-17(7-8-22-23)16-6-3-12(10-20-16)11-21-18(24)14-9-13(25-2)4-5-15(14)19/h3-10H,11H2,1-2H3,(H,21,24). The zero-order valence-corrected chi connectivity index (χ0v) is 15.4. The van der Waals surface area contributed by atoms with Crippen LogP contribution in [0.3, 0.4) is 0 Å². The Kier molecular flexibility index (Phi) is 5.14. The van der Waals surface area contributed by atoms with Crippen molar-refractivity contribution in [2.45, 2.75) is 6.54 Å². The van der Waals surface area contributed by atoms with Crippen LogP contribution in [-0.4, -0.2) is 27.8 Å². The van der Waals surface area contributed by atoms with E-state index in [2.05, 4.69) is 31.3 Å². The summed E-state index contributed by atoms with van der Waals surface area (Å²) >= 11 is 3.39. The molecule has 7 heteroatoms. The van der Waals surface area contributed by atoms with E-state index in [4.69, 9.17) is 4.74 Å². The van der Waals surface area contributed by atoms with Gasteiger partial charge in [0.05, 0.1) is 24.1 Å². The summed E-state index contributed by atoms with van der Waals surface area (Å²) < 4.78 is 7.65. The van der Waals surface area contributed by atoms with Crippen LogP contribution in [-0.2, 0) is 13.6 Å². The number of nitrogens with one attached hydrogen (secondary N) is 1. The van der Waals surface area contributed by atoms with Crippen LogP contribution >= 0.6 is 15.9 Å². The molecule has 1 amide bonds. The van der Waals surface area contributed by atoms with Crippen LogP contribution in [0.4, 0.5) is 0 Å². The van der Waals surface area contributed by atoms with Gasteiger partial charge in [-0.05, 0) is 51.8 Å². The number of pyridine rings is 1. The Balaban J connectivity index is 1.67. The van der Waals surface area contributed by atoms with Crippen molar-refractivity contribution in [3.05, 3.63) is 64.4 Å². The Morgan fingerprint density at radius 1 is 1.28 bits per heavy atom. The van der Waals surface area contributed by atoms with E-state index >= 15 is 0 Å². The van der Waals surface area contributed by atoms with Gasteiger partial charge in [0, 0.05) is 30.5 Å². The van der Waals surface area contributed by atoms with Gasteiger partial charge in [0.2, 0.25) is 0 Å². The van der Waals surface area contributed by atoms with Gasteiger partial charge >= 0.3 is 0 Å². The number of nitrogens with zero attached hydrogens (tertiary/aromatic N) is 3. The van der Waals surface area contributed by atoms with Crippen molar-refractivity contribution >= 4 is 21.8 Å². The molecule has 0 spiro atoms. The van der Waals surface area contributed by atoms with Gasteiger partial charge in [0.25, 0.3) is 5.91 Å². The highest BCUT2D eigenvalue weighted by Crippen LogP contribution is 2.22. The summed E-state index contributed by atoms with van der Waals surface area (Å²) in [7, 11) is 3.44. The number of aryl methyl sites for hydroxylation is 1. The summed E-state index contributed by atoms with van der Waals surface area (Å²) in [6, 6.07) is 11.0. The third-order valence-electron chi connectivity index (χ3n) is 3.78. The fourth-order valence-electron chi connectivity index (χ4n) is 2.39. The molecule has 3 rings (SSSR count). The second-order valence-electron chi connectivity index (χ2n) is 5.42. The smallest absolute Gasteiger partial charge is 0.252 e. The molecule has 0 aliphatic carbocycles. The first-order valence-corrected chi connectivity index (χ1v) is 8.43. The summed E-state index contributed by atoms with van der Waals surface area (Å²) in [6.07, 6.45) is 3.49. The molecule has 0 unspecified atom stereocenters. The van der Waals surface area contributed by atoms with Crippen molar-refractivity contribution in [2.75, 3.05) is 7.11 Å². The van der Waals surface area contributed by atoms with E-state index in [1.54, 1.807) is 42.4 Å². The molecule has 1 N–H and O–H groups in total. The van der Waals surface area contributed by atoms with Gasteiger partial charge in [-0.3, -0.25) is 14.5 Å². The lowest BCUT2D eigenvalue weighted by Crippen LogP contribution is -2.23. The van der Waals surface area contributed by atoms with E-state index in [1.165, 1.54) is 0 Å². The number of carbonyl (C=O) groups excluding carboxylic acids is 1. The summed E-state index contributed by atoms with van der Waals surface area (Å²) in [4.78, 5) is 16.8. The lowest BCUT2D eigenvalue weighted by atomic mass is 10.2. The number of carbonyl (C=O) groups is 1. The summed E-state index contributed by atoms with van der Waals surface area (Å²) in [5.41, 5.74) is 3.22. The molecule has 25 heavy (non-hydrogen) atoms. The summed E-state index contributed by atoms with van der Waals surface area (Å²) in [5, 5.41) is 7.03. The minimum Gasteiger partial charge on any atom is -0.497 e. The second kappa shape index (κ2) is 7.48. The second-order valence-corrected chi connectivity index (χ2v) is 6.27. The highest BCUT2D eigenvalue weighted by atomic mass is 79.9. The van der Waals surface area contributed by atoms with E-state index in [1.807, 2.05) is 25.2 Å². The first-order chi connectivity index (χ1) is 12.1. The number of amides is 1. The molecule has 0 atom stereocenters. The topological polar surface area (TPSA) is 69.0 Å². The van der Waals surface area contributed by atoms with Gasteiger partial charge in [-0.25, -0.2) is 0 Å². The Bertz CT molecular complexity index is 890. The molecule has 0 saturated heterocycles. The van der Waals surface area contributed by atoms with Gasteiger partial charge < -0.3 is 10.1 Å². The molecular formula is C18H17BrN4O2. The molecule has 6 nitrogen and oxygen atoms in total. The van der Waals surface area contributed by atoms with E-state index in [9.17, 15) is 4.79 Å². The van der Waals surface area contributed by atoms with Gasteiger partial charge in [0.15, 0.2) is 0 Å². The molecular weight excluding hydrogens is 384 g/mol. The van der Waals surface area contributed by atoms with Crippen LogP contribution in [0.15, 0.2) is 53.3 Å². The van der Waals surface area contributed by atoms with Crippen molar-refractivity contribution in [1.29, 1.82) is 0 Å². The molecule has 0 aliphatic rings. The molecule has 1 aromatic carbocycles. The van der Waals surface area contributed by atoms with Crippen molar-refractivity contribution in [3.63, 3.8) is 0 Å². The third kappa shape index (κ3) is 3.88. The number of rotatable bonds is 5. The SMILES string of the molecule is COc1ccc(Br)c(C(=O)NCc2ccc(-c3ccnn3C)nc2)c1. The van der Waals surface area contributed by atoms with Gasteiger partial charge in [-0.15, -0.1) is 0 Å². The van der Waals surface area contributed by atoms with Crippen molar-refractivity contribution in [3.8, 4) is 17.1 Å². The quantitative estimate of drug-likeness (QED) is 0.713. The van der Waals surface area contributed by atoms with E-state index in [0.29, 0.717) is 17.9 Å². The fraction of sp³-hybridized carbons (Fsp3) is 0.167. The number of methoxy groups -OCH3 is 1. The minimum atomic E-state index is -0.179. The number of ether oxygens (including phenoxy) is 1. The van der Waals surface area contributed by atoms with Crippen molar-refractivity contribution in [2.24, 2.45) is 7.05 Å². The Hall–Kier alpha value is -2.67. The highest BCUT2D eigenvalue weighted by Gasteiger charge is 2.11. The van der Waals surface area contributed by atoms with Gasteiger partial charge in [-0.1, -0.05) is 6.07 Å². The van der Waals surface area contributed by atoms with E-state index < -0.39 is 0 Å².